The summed E-state index contributed by atoms with van der Waals surface area (Å²) in [4.78, 5) is 30.4. The molecule has 0 bridgehead atoms. The highest BCUT2D eigenvalue weighted by molar-refractivity contribution is 5.96. The minimum absolute atomic E-state index is 0.0455. The Morgan fingerprint density at radius 3 is 2.66 bits per heavy atom. The van der Waals surface area contributed by atoms with Crippen LogP contribution in [0.3, 0.4) is 0 Å². The Labute approximate surface area is 203 Å². The van der Waals surface area contributed by atoms with Crippen LogP contribution in [0.15, 0.2) is 52.9 Å². The number of methoxy groups -OCH3 is 1. The number of nitrogens with one attached hydrogen (secondary N) is 1. The third-order valence-corrected chi connectivity index (χ3v) is 6.72. The van der Waals surface area contributed by atoms with Crippen LogP contribution in [0.1, 0.15) is 57.2 Å². The summed E-state index contributed by atoms with van der Waals surface area (Å²) in [6.45, 7) is 5.99. The molecule has 3 heterocycles. The maximum Gasteiger partial charge on any atom is 0.303 e. The highest BCUT2D eigenvalue weighted by Crippen LogP contribution is 2.40. The van der Waals surface area contributed by atoms with Crippen molar-refractivity contribution in [3.8, 4) is 5.75 Å². The van der Waals surface area contributed by atoms with Crippen LogP contribution in [0, 0.1) is 13.8 Å². The molecule has 0 spiro atoms. The van der Waals surface area contributed by atoms with Crippen LogP contribution < -0.4 is 4.74 Å². The highest BCUT2D eigenvalue weighted by Gasteiger charge is 2.37. The molecule has 4 aromatic rings. The van der Waals surface area contributed by atoms with Crippen molar-refractivity contribution >= 4 is 22.8 Å². The normalized spacial score (nSPS) is 15.2. The lowest BCUT2D eigenvalue weighted by Crippen LogP contribution is -2.40. The van der Waals surface area contributed by atoms with E-state index in [2.05, 4.69) is 4.98 Å². The van der Waals surface area contributed by atoms with Crippen molar-refractivity contribution in [3.05, 3.63) is 88.0 Å². The summed E-state index contributed by atoms with van der Waals surface area (Å²) in [6, 6.07) is 14.9. The lowest BCUT2D eigenvalue weighted by atomic mass is 9.94. The molecule has 0 saturated carbocycles. The van der Waals surface area contributed by atoms with Crippen molar-refractivity contribution in [2.45, 2.75) is 39.8 Å². The molecule has 1 atom stereocenters. The number of H-pyrrole nitrogens is 1. The maximum atomic E-state index is 13.8. The van der Waals surface area contributed by atoms with Crippen LogP contribution in [0.4, 0.5) is 0 Å². The summed E-state index contributed by atoms with van der Waals surface area (Å²) in [5.74, 6) is 1.49. The number of benzene rings is 2. The number of hydrogen-bond donors (Lipinski definition) is 1. The van der Waals surface area contributed by atoms with E-state index in [4.69, 9.17) is 13.9 Å². The van der Waals surface area contributed by atoms with Crippen molar-refractivity contribution in [1.82, 2.24) is 9.88 Å². The van der Waals surface area contributed by atoms with E-state index in [9.17, 15) is 9.59 Å². The molecule has 0 aliphatic carbocycles. The molecule has 1 unspecified atom stereocenters. The molecule has 2 aromatic carbocycles. The van der Waals surface area contributed by atoms with Crippen molar-refractivity contribution in [1.29, 1.82) is 0 Å². The summed E-state index contributed by atoms with van der Waals surface area (Å²) < 4.78 is 16.7. The van der Waals surface area contributed by atoms with Gasteiger partial charge in [-0.05, 0) is 79.4 Å². The number of nitrogens with zero attached hydrogens (tertiary/aromatic N) is 1. The molecule has 0 fully saturated rings. The number of esters is 1. The zero-order valence-corrected chi connectivity index (χ0v) is 20.3. The molecule has 7 heteroatoms. The molecule has 2 aromatic heterocycles. The van der Waals surface area contributed by atoms with E-state index in [0.29, 0.717) is 30.0 Å². The van der Waals surface area contributed by atoms with Crippen LogP contribution in [0.5, 0.6) is 5.75 Å². The lowest BCUT2D eigenvalue weighted by molar-refractivity contribution is -0.142. The molecule has 1 N–H and O–H groups in total. The average molecular weight is 473 g/mol. The minimum Gasteiger partial charge on any atom is -0.497 e. The van der Waals surface area contributed by atoms with Crippen LogP contribution in [0.2, 0.25) is 0 Å². The van der Waals surface area contributed by atoms with Gasteiger partial charge >= 0.3 is 5.97 Å². The first-order valence-corrected chi connectivity index (χ1v) is 11.6. The number of rotatable bonds is 5. The molecular formula is C28H28N2O5. The first kappa shape index (κ1) is 22.8. The Kier molecular flexibility index (Phi) is 5.84. The van der Waals surface area contributed by atoms with Gasteiger partial charge < -0.3 is 23.8 Å². The second-order valence-electron chi connectivity index (χ2n) is 8.96. The standard InChI is InChI=1S/C28H28N2O5/c1-16-5-6-19(13-17(16)2)28(32)30-12-11-22-23-14-20(33-4)7-9-24(23)29-26(22)27(30)25-10-8-21(35-25)15-34-18(3)31/h5-10,13-14,27,29H,11-12,15H2,1-4H3. The average Bonchev–Trinajstić information content (AvgIpc) is 3.47. The maximum absolute atomic E-state index is 13.8. The van der Waals surface area contributed by atoms with Gasteiger partial charge in [0, 0.05) is 29.9 Å². The largest absolute Gasteiger partial charge is 0.497 e. The smallest absolute Gasteiger partial charge is 0.303 e. The number of carbonyl (C=O) groups excluding carboxylic acids is 2. The van der Waals surface area contributed by atoms with Crippen LogP contribution in [-0.4, -0.2) is 35.4 Å². The van der Waals surface area contributed by atoms with Gasteiger partial charge in [0.1, 0.15) is 29.9 Å². The number of ether oxygens (including phenoxy) is 2. The monoisotopic (exact) mass is 472 g/mol. The molecule has 0 radical (unpaired) electrons. The fourth-order valence-electron chi connectivity index (χ4n) is 4.74. The number of aryl methyl sites for hydroxylation is 2. The second kappa shape index (κ2) is 8.98. The molecule has 5 rings (SSSR count). The number of hydrogen-bond acceptors (Lipinski definition) is 5. The van der Waals surface area contributed by atoms with Crippen molar-refractivity contribution in [2.24, 2.45) is 0 Å². The molecule has 35 heavy (non-hydrogen) atoms. The van der Waals surface area contributed by atoms with E-state index in [-0.39, 0.29) is 18.5 Å². The number of aromatic nitrogens is 1. The van der Waals surface area contributed by atoms with E-state index >= 15 is 0 Å². The number of amides is 1. The number of furan rings is 1. The Balaban J connectivity index is 1.60. The zero-order valence-electron chi connectivity index (χ0n) is 20.3. The molecule has 1 aliphatic rings. The summed E-state index contributed by atoms with van der Waals surface area (Å²) in [5.41, 5.74) is 5.91. The third kappa shape index (κ3) is 4.18. The fraction of sp³-hybridized carbons (Fsp3) is 0.286. The van der Waals surface area contributed by atoms with Crippen molar-refractivity contribution in [2.75, 3.05) is 13.7 Å². The molecule has 7 nitrogen and oxygen atoms in total. The van der Waals surface area contributed by atoms with Gasteiger partial charge in [-0.3, -0.25) is 9.59 Å². The second-order valence-corrected chi connectivity index (χ2v) is 8.96. The Hall–Kier alpha value is -4.00. The van der Waals surface area contributed by atoms with Gasteiger partial charge in [-0.25, -0.2) is 0 Å². The summed E-state index contributed by atoms with van der Waals surface area (Å²) >= 11 is 0. The van der Waals surface area contributed by atoms with Gasteiger partial charge in [0.05, 0.1) is 12.8 Å². The van der Waals surface area contributed by atoms with Crippen LogP contribution in [0.25, 0.3) is 10.9 Å². The molecular weight excluding hydrogens is 444 g/mol. The SMILES string of the molecule is COc1ccc2[nH]c3c(c2c1)CCN(C(=O)c1ccc(C)c(C)c1)C3c1ccc(COC(C)=O)o1. The van der Waals surface area contributed by atoms with E-state index < -0.39 is 6.04 Å². The number of aromatic amines is 1. The Bertz CT molecular complexity index is 1430. The summed E-state index contributed by atoms with van der Waals surface area (Å²) in [5, 5.41) is 1.08. The van der Waals surface area contributed by atoms with Crippen LogP contribution in [-0.2, 0) is 22.6 Å². The Morgan fingerprint density at radius 2 is 1.91 bits per heavy atom. The van der Waals surface area contributed by atoms with Gasteiger partial charge in [-0.1, -0.05) is 6.07 Å². The van der Waals surface area contributed by atoms with E-state index in [0.717, 1.165) is 39.0 Å². The summed E-state index contributed by atoms with van der Waals surface area (Å²) in [7, 11) is 1.65. The van der Waals surface area contributed by atoms with Gasteiger partial charge in [0.2, 0.25) is 0 Å². The number of fused-ring (bicyclic) bond motifs is 3. The fourth-order valence-corrected chi connectivity index (χ4v) is 4.74. The molecule has 1 amide bonds. The lowest BCUT2D eigenvalue weighted by Gasteiger charge is -2.35. The number of carbonyl (C=O) groups is 2. The molecule has 0 saturated heterocycles. The highest BCUT2D eigenvalue weighted by atomic mass is 16.5. The molecule has 1 aliphatic heterocycles. The van der Waals surface area contributed by atoms with E-state index in [1.807, 2.05) is 61.2 Å². The van der Waals surface area contributed by atoms with Gasteiger partial charge in [-0.2, -0.15) is 0 Å². The van der Waals surface area contributed by atoms with E-state index in [1.165, 1.54) is 6.92 Å². The van der Waals surface area contributed by atoms with Crippen molar-refractivity contribution in [3.63, 3.8) is 0 Å². The van der Waals surface area contributed by atoms with Gasteiger partial charge in [0.15, 0.2) is 0 Å². The first-order chi connectivity index (χ1) is 16.9. The zero-order chi connectivity index (χ0) is 24.7. The predicted octanol–water partition coefficient (Wildman–Crippen LogP) is 5.24. The first-order valence-electron chi connectivity index (χ1n) is 11.6. The summed E-state index contributed by atoms with van der Waals surface area (Å²) in [6.07, 6.45) is 0.705. The van der Waals surface area contributed by atoms with E-state index in [1.54, 1.807) is 13.2 Å². The molecule has 180 valence electrons. The van der Waals surface area contributed by atoms with Crippen LogP contribution >= 0.6 is 0 Å². The van der Waals surface area contributed by atoms with Gasteiger partial charge in [-0.15, -0.1) is 0 Å². The third-order valence-electron chi connectivity index (χ3n) is 6.72. The quantitative estimate of drug-likeness (QED) is 0.402. The minimum atomic E-state index is -0.447. The Morgan fingerprint density at radius 1 is 1.09 bits per heavy atom. The van der Waals surface area contributed by atoms with Crippen molar-refractivity contribution < 1.29 is 23.5 Å². The van der Waals surface area contributed by atoms with Gasteiger partial charge in [0.25, 0.3) is 5.91 Å². The topological polar surface area (TPSA) is 84.8 Å². The predicted molar refractivity (Wildman–Crippen MR) is 132 cm³/mol.